The van der Waals surface area contributed by atoms with Crippen LogP contribution in [-0.4, -0.2) is 17.5 Å². The molecule has 17 heavy (non-hydrogen) atoms. The summed E-state index contributed by atoms with van der Waals surface area (Å²) in [6.45, 7) is 3.89. The second kappa shape index (κ2) is 5.29. The van der Waals surface area contributed by atoms with Crippen LogP contribution in [0.25, 0.3) is 0 Å². The van der Waals surface area contributed by atoms with E-state index in [0.717, 1.165) is 6.54 Å². The first-order chi connectivity index (χ1) is 8.20. The van der Waals surface area contributed by atoms with Crippen molar-refractivity contribution in [2.45, 2.75) is 38.8 Å². The largest absolute Gasteiger partial charge is 0.296 e. The molecule has 3 heteroatoms. The Morgan fingerprint density at radius 1 is 1.47 bits per heavy atom. The molecule has 1 aliphatic heterocycles. The molecule has 0 amide bonds. The number of halogens is 1. The zero-order valence-electron chi connectivity index (χ0n) is 10.1. The van der Waals surface area contributed by atoms with Gasteiger partial charge in [0.1, 0.15) is 5.82 Å². The standard InChI is InChI=1S/C14H17FN2/c1-11-4-2-3-7-17(11)10-13-6-5-12(9-16)8-14(13)15/h5-6,8,11H,2-4,7,10H2,1H3. The van der Waals surface area contributed by atoms with Gasteiger partial charge in [-0.2, -0.15) is 5.26 Å². The lowest BCUT2D eigenvalue weighted by molar-refractivity contribution is 0.151. The van der Waals surface area contributed by atoms with E-state index in [2.05, 4.69) is 11.8 Å². The average molecular weight is 232 g/mol. The lowest BCUT2D eigenvalue weighted by atomic mass is 10.0. The monoisotopic (exact) mass is 232 g/mol. The SMILES string of the molecule is CC1CCCCN1Cc1ccc(C#N)cc1F. The van der Waals surface area contributed by atoms with Gasteiger partial charge in [0.15, 0.2) is 0 Å². The maximum Gasteiger partial charge on any atom is 0.129 e. The molecule has 1 aromatic carbocycles. The van der Waals surface area contributed by atoms with Crippen molar-refractivity contribution in [2.75, 3.05) is 6.54 Å². The summed E-state index contributed by atoms with van der Waals surface area (Å²) in [7, 11) is 0. The molecule has 90 valence electrons. The highest BCUT2D eigenvalue weighted by Crippen LogP contribution is 2.20. The van der Waals surface area contributed by atoms with Gasteiger partial charge in [-0.25, -0.2) is 4.39 Å². The molecular weight excluding hydrogens is 215 g/mol. The number of nitriles is 1. The highest BCUT2D eigenvalue weighted by molar-refractivity contribution is 5.32. The van der Waals surface area contributed by atoms with Crippen LogP contribution in [0.1, 0.15) is 37.3 Å². The summed E-state index contributed by atoms with van der Waals surface area (Å²) in [5.41, 5.74) is 1.08. The molecule has 0 aromatic heterocycles. The molecule has 0 spiro atoms. The first-order valence-corrected chi connectivity index (χ1v) is 6.13. The van der Waals surface area contributed by atoms with Gasteiger partial charge in [0.05, 0.1) is 11.6 Å². The van der Waals surface area contributed by atoms with Crippen LogP contribution in [0.4, 0.5) is 4.39 Å². The van der Waals surface area contributed by atoms with Crippen molar-refractivity contribution in [2.24, 2.45) is 0 Å². The third-order valence-corrected chi connectivity index (χ3v) is 3.50. The maximum atomic E-state index is 13.7. The molecule has 0 saturated carbocycles. The summed E-state index contributed by atoms with van der Waals surface area (Å²) in [4.78, 5) is 2.31. The van der Waals surface area contributed by atoms with E-state index in [4.69, 9.17) is 5.26 Å². The minimum Gasteiger partial charge on any atom is -0.296 e. The summed E-state index contributed by atoms with van der Waals surface area (Å²) >= 11 is 0. The zero-order valence-corrected chi connectivity index (χ0v) is 10.1. The number of nitrogens with zero attached hydrogens (tertiary/aromatic N) is 2. The fourth-order valence-corrected chi connectivity index (χ4v) is 2.36. The van der Waals surface area contributed by atoms with Crippen LogP contribution in [0, 0.1) is 17.1 Å². The lowest BCUT2D eigenvalue weighted by Crippen LogP contribution is -2.36. The van der Waals surface area contributed by atoms with Gasteiger partial charge in [-0.15, -0.1) is 0 Å². The van der Waals surface area contributed by atoms with E-state index >= 15 is 0 Å². The van der Waals surface area contributed by atoms with Gasteiger partial charge in [-0.3, -0.25) is 4.90 Å². The molecule has 0 aliphatic carbocycles. The van der Waals surface area contributed by atoms with Crippen molar-refractivity contribution < 1.29 is 4.39 Å². The first-order valence-electron chi connectivity index (χ1n) is 6.13. The molecule has 2 rings (SSSR count). The Hall–Kier alpha value is -1.40. The number of likely N-dealkylation sites (tertiary alicyclic amines) is 1. The van der Waals surface area contributed by atoms with E-state index in [1.165, 1.54) is 25.3 Å². The second-order valence-electron chi connectivity index (χ2n) is 4.73. The average Bonchev–Trinajstić information content (AvgIpc) is 2.34. The van der Waals surface area contributed by atoms with Crippen molar-refractivity contribution in [1.29, 1.82) is 5.26 Å². The molecule has 1 aliphatic rings. The summed E-state index contributed by atoms with van der Waals surface area (Å²) < 4.78 is 13.7. The summed E-state index contributed by atoms with van der Waals surface area (Å²) in [6.07, 6.45) is 3.66. The van der Waals surface area contributed by atoms with Crippen LogP contribution in [0.15, 0.2) is 18.2 Å². The molecule has 1 atom stereocenters. The number of hydrogen-bond acceptors (Lipinski definition) is 2. The summed E-state index contributed by atoms with van der Waals surface area (Å²) in [5.74, 6) is -0.262. The first kappa shape index (κ1) is 12.1. The Labute approximate surface area is 102 Å². The van der Waals surface area contributed by atoms with E-state index in [9.17, 15) is 4.39 Å². The Morgan fingerprint density at radius 3 is 2.94 bits per heavy atom. The molecule has 2 nitrogen and oxygen atoms in total. The van der Waals surface area contributed by atoms with Crippen LogP contribution >= 0.6 is 0 Å². The molecule has 0 radical (unpaired) electrons. The third-order valence-electron chi connectivity index (χ3n) is 3.50. The van der Waals surface area contributed by atoms with Gasteiger partial charge < -0.3 is 0 Å². The Balaban J connectivity index is 2.10. The van der Waals surface area contributed by atoms with Crippen molar-refractivity contribution in [3.8, 4) is 6.07 Å². The predicted octanol–water partition coefficient (Wildman–Crippen LogP) is 3.07. The quantitative estimate of drug-likeness (QED) is 0.783. The van der Waals surface area contributed by atoms with Crippen molar-refractivity contribution in [3.05, 3.63) is 35.1 Å². The Bertz CT molecular complexity index is 436. The van der Waals surface area contributed by atoms with Crippen LogP contribution in [0.5, 0.6) is 0 Å². The third kappa shape index (κ3) is 2.83. The topological polar surface area (TPSA) is 27.0 Å². The highest BCUT2D eigenvalue weighted by atomic mass is 19.1. The van der Waals surface area contributed by atoms with Gasteiger partial charge in [0.25, 0.3) is 0 Å². The molecule has 0 bridgehead atoms. The van der Waals surface area contributed by atoms with Gasteiger partial charge in [0, 0.05) is 18.2 Å². The fourth-order valence-electron chi connectivity index (χ4n) is 2.36. The second-order valence-corrected chi connectivity index (χ2v) is 4.73. The minimum absolute atomic E-state index is 0.262. The van der Waals surface area contributed by atoms with Gasteiger partial charge >= 0.3 is 0 Å². The van der Waals surface area contributed by atoms with Crippen molar-refractivity contribution in [1.82, 2.24) is 4.90 Å². The molecule has 1 unspecified atom stereocenters. The van der Waals surface area contributed by atoms with Gasteiger partial charge in [-0.1, -0.05) is 12.5 Å². The molecule has 1 aromatic rings. The smallest absolute Gasteiger partial charge is 0.129 e. The summed E-state index contributed by atoms with van der Waals surface area (Å²) in [6, 6.07) is 7.22. The number of hydrogen-bond donors (Lipinski definition) is 0. The predicted molar refractivity (Wildman–Crippen MR) is 64.8 cm³/mol. The van der Waals surface area contributed by atoms with E-state index < -0.39 is 0 Å². The van der Waals surface area contributed by atoms with Crippen molar-refractivity contribution in [3.63, 3.8) is 0 Å². The molecule has 0 N–H and O–H groups in total. The molecule has 1 heterocycles. The normalized spacial score (nSPS) is 21.1. The van der Waals surface area contributed by atoms with E-state index in [-0.39, 0.29) is 5.82 Å². The number of benzene rings is 1. The fraction of sp³-hybridized carbons (Fsp3) is 0.500. The van der Waals surface area contributed by atoms with Crippen LogP contribution in [-0.2, 0) is 6.54 Å². The number of rotatable bonds is 2. The van der Waals surface area contributed by atoms with E-state index in [0.29, 0.717) is 23.7 Å². The summed E-state index contributed by atoms with van der Waals surface area (Å²) in [5, 5.41) is 8.69. The zero-order chi connectivity index (χ0) is 12.3. The minimum atomic E-state index is -0.262. The van der Waals surface area contributed by atoms with E-state index in [1.807, 2.05) is 6.07 Å². The number of piperidine rings is 1. The maximum absolute atomic E-state index is 13.7. The van der Waals surface area contributed by atoms with Crippen LogP contribution in [0.3, 0.4) is 0 Å². The highest BCUT2D eigenvalue weighted by Gasteiger charge is 2.19. The Morgan fingerprint density at radius 2 is 2.29 bits per heavy atom. The van der Waals surface area contributed by atoms with Crippen LogP contribution < -0.4 is 0 Å². The van der Waals surface area contributed by atoms with Gasteiger partial charge in [-0.05, 0) is 38.4 Å². The van der Waals surface area contributed by atoms with Gasteiger partial charge in [0.2, 0.25) is 0 Å². The van der Waals surface area contributed by atoms with Crippen molar-refractivity contribution >= 4 is 0 Å². The Kier molecular flexibility index (Phi) is 3.75. The lowest BCUT2D eigenvalue weighted by Gasteiger charge is -2.33. The molecular formula is C14H17FN2. The molecule has 1 saturated heterocycles. The molecule has 1 fully saturated rings. The van der Waals surface area contributed by atoms with E-state index in [1.54, 1.807) is 12.1 Å². The van der Waals surface area contributed by atoms with Crippen LogP contribution in [0.2, 0.25) is 0 Å².